The molecule has 0 radical (unpaired) electrons. The molecular formula is C11H9BrN6O. The van der Waals surface area contributed by atoms with Gasteiger partial charge < -0.3 is 10.3 Å². The van der Waals surface area contributed by atoms with Crippen LogP contribution in [0.2, 0.25) is 0 Å². The maximum Gasteiger partial charge on any atom is 0.263 e. The SMILES string of the molecule is Cn1ncc(-c2nc(-c3ncccc3Br)no2)c1N. The van der Waals surface area contributed by atoms with Gasteiger partial charge in [0.05, 0.1) is 6.20 Å². The van der Waals surface area contributed by atoms with Crippen LogP contribution in [0, 0.1) is 0 Å². The molecule has 19 heavy (non-hydrogen) atoms. The average Bonchev–Trinajstić information content (AvgIpc) is 2.99. The molecule has 0 saturated heterocycles. The van der Waals surface area contributed by atoms with E-state index in [0.717, 1.165) is 4.47 Å². The molecule has 0 unspecified atom stereocenters. The Hall–Kier alpha value is -2.22. The number of pyridine rings is 1. The third-order valence-electron chi connectivity index (χ3n) is 2.61. The summed E-state index contributed by atoms with van der Waals surface area (Å²) in [6.07, 6.45) is 3.24. The Labute approximate surface area is 116 Å². The molecule has 0 bridgehead atoms. The highest BCUT2D eigenvalue weighted by Crippen LogP contribution is 2.28. The number of hydrogen-bond donors (Lipinski definition) is 1. The van der Waals surface area contributed by atoms with Gasteiger partial charge in [-0.15, -0.1) is 0 Å². The molecule has 0 aliphatic heterocycles. The van der Waals surface area contributed by atoms with E-state index >= 15 is 0 Å². The smallest absolute Gasteiger partial charge is 0.263 e. The van der Waals surface area contributed by atoms with Gasteiger partial charge in [0.15, 0.2) is 0 Å². The predicted octanol–water partition coefficient (Wildman–Crippen LogP) is 1.88. The number of hydrogen-bond acceptors (Lipinski definition) is 6. The summed E-state index contributed by atoms with van der Waals surface area (Å²) in [5.74, 6) is 1.18. The first-order valence-corrected chi connectivity index (χ1v) is 6.18. The third-order valence-corrected chi connectivity index (χ3v) is 3.25. The summed E-state index contributed by atoms with van der Waals surface area (Å²) >= 11 is 3.39. The largest absolute Gasteiger partial charge is 0.383 e. The Kier molecular flexibility index (Phi) is 2.79. The number of anilines is 1. The Morgan fingerprint density at radius 1 is 1.42 bits per heavy atom. The van der Waals surface area contributed by atoms with Crippen molar-refractivity contribution in [3.8, 4) is 23.0 Å². The lowest BCUT2D eigenvalue weighted by Gasteiger charge is -1.95. The van der Waals surface area contributed by atoms with Crippen molar-refractivity contribution < 1.29 is 4.52 Å². The van der Waals surface area contributed by atoms with Gasteiger partial charge in [0.2, 0.25) is 5.82 Å². The molecule has 0 aliphatic rings. The first-order chi connectivity index (χ1) is 9.16. The zero-order chi connectivity index (χ0) is 13.4. The maximum atomic E-state index is 5.86. The minimum Gasteiger partial charge on any atom is -0.383 e. The second-order valence-corrected chi connectivity index (χ2v) is 4.68. The molecule has 0 aliphatic carbocycles. The van der Waals surface area contributed by atoms with Crippen LogP contribution in [0.3, 0.4) is 0 Å². The van der Waals surface area contributed by atoms with E-state index < -0.39 is 0 Å². The molecule has 0 atom stereocenters. The molecule has 3 rings (SSSR count). The standard InChI is InChI=1S/C11H9BrN6O/c1-18-9(13)6(5-15-18)11-16-10(17-19-11)8-7(12)3-2-4-14-8/h2-5H,13H2,1H3. The lowest BCUT2D eigenvalue weighted by Crippen LogP contribution is -1.98. The second-order valence-electron chi connectivity index (χ2n) is 3.82. The molecule has 3 heterocycles. The fraction of sp³-hybridized carbons (Fsp3) is 0.0909. The Balaban J connectivity index is 2.05. The van der Waals surface area contributed by atoms with Crippen LogP contribution in [-0.2, 0) is 7.05 Å². The van der Waals surface area contributed by atoms with Crippen molar-refractivity contribution in [2.45, 2.75) is 0 Å². The van der Waals surface area contributed by atoms with Crippen LogP contribution in [0.5, 0.6) is 0 Å². The first-order valence-electron chi connectivity index (χ1n) is 5.39. The summed E-state index contributed by atoms with van der Waals surface area (Å²) in [6.45, 7) is 0. The summed E-state index contributed by atoms with van der Waals surface area (Å²) in [5, 5.41) is 7.93. The summed E-state index contributed by atoms with van der Waals surface area (Å²) in [4.78, 5) is 8.48. The van der Waals surface area contributed by atoms with E-state index in [9.17, 15) is 0 Å². The number of nitrogens with zero attached hydrogens (tertiary/aromatic N) is 5. The van der Waals surface area contributed by atoms with Gasteiger partial charge in [-0.3, -0.25) is 9.67 Å². The van der Waals surface area contributed by atoms with Crippen molar-refractivity contribution in [1.29, 1.82) is 0 Å². The number of nitrogens with two attached hydrogens (primary N) is 1. The van der Waals surface area contributed by atoms with Crippen LogP contribution in [0.25, 0.3) is 23.0 Å². The summed E-state index contributed by atoms with van der Waals surface area (Å²) in [7, 11) is 1.74. The van der Waals surface area contributed by atoms with Crippen LogP contribution in [0.4, 0.5) is 5.82 Å². The first kappa shape index (κ1) is 11.8. The van der Waals surface area contributed by atoms with Gasteiger partial charge in [0.25, 0.3) is 5.89 Å². The van der Waals surface area contributed by atoms with Gasteiger partial charge in [0, 0.05) is 17.7 Å². The van der Waals surface area contributed by atoms with Gasteiger partial charge in [-0.2, -0.15) is 10.1 Å². The fourth-order valence-corrected chi connectivity index (χ4v) is 2.02. The normalized spacial score (nSPS) is 10.8. The monoisotopic (exact) mass is 320 g/mol. The maximum absolute atomic E-state index is 5.86. The van der Waals surface area contributed by atoms with Crippen LogP contribution in [0.15, 0.2) is 33.5 Å². The highest BCUT2D eigenvalue weighted by Gasteiger charge is 2.17. The van der Waals surface area contributed by atoms with Crippen molar-refractivity contribution in [2.24, 2.45) is 7.05 Å². The van der Waals surface area contributed by atoms with E-state index in [1.807, 2.05) is 12.1 Å². The van der Waals surface area contributed by atoms with E-state index in [1.54, 1.807) is 19.4 Å². The quantitative estimate of drug-likeness (QED) is 0.774. The molecule has 96 valence electrons. The summed E-state index contributed by atoms with van der Waals surface area (Å²) in [6, 6.07) is 3.67. The lowest BCUT2D eigenvalue weighted by molar-refractivity contribution is 0.432. The molecular weight excluding hydrogens is 312 g/mol. The fourth-order valence-electron chi connectivity index (χ4n) is 1.59. The van der Waals surface area contributed by atoms with Crippen LogP contribution < -0.4 is 5.73 Å². The average molecular weight is 321 g/mol. The van der Waals surface area contributed by atoms with Crippen molar-refractivity contribution in [3.63, 3.8) is 0 Å². The summed E-state index contributed by atoms with van der Waals surface area (Å²) in [5.41, 5.74) is 7.08. The Bertz CT molecular complexity index is 734. The van der Waals surface area contributed by atoms with Crippen LogP contribution >= 0.6 is 15.9 Å². The van der Waals surface area contributed by atoms with Gasteiger partial charge >= 0.3 is 0 Å². The van der Waals surface area contributed by atoms with Gasteiger partial charge in [0.1, 0.15) is 17.1 Å². The highest BCUT2D eigenvalue weighted by atomic mass is 79.9. The van der Waals surface area contributed by atoms with Gasteiger partial charge in [-0.1, -0.05) is 5.16 Å². The van der Waals surface area contributed by atoms with Gasteiger partial charge in [-0.05, 0) is 28.1 Å². The molecule has 7 nitrogen and oxygen atoms in total. The van der Waals surface area contributed by atoms with Crippen molar-refractivity contribution >= 4 is 21.7 Å². The minimum absolute atomic E-state index is 0.318. The van der Waals surface area contributed by atoms with Crippen molar-refractivity contribution in [1.82, 2.24) is 24.9 Å². The van der Waals surface area contributed by atoms with Crippen molar-refractivity contribution in [2.75, 3.05) is 5.73 Å². The Morgan fingerprint density at radius 2 is 2.26 bits per heavy atom. The lowest BCUT2D eigenvalue weighted by atomic mass is 10.3. The highest BCUT2D eigenvalue weighted by molar-refractivity contribution is 9.10. The minimum atomic E-state index is 0.318. The molecule has 0 spiro atoms. The van der Waals surface area contributed by atoms with E-state index in [-0.39, 0.29) is 0 Å². The molecule has 3 aromatic rings. The molecule has 0 amide bonds. The topological polar surface area (TPSA) is 95.6 Å². The molecule has 2 N–H and O–H groups in total. The zero-order valence-electron chi connectivity index (χ0n) is 9.91. The predicted molar refractivity (Wildman–Crippen MR) is 71.8 cm³/mol. The number of nitrogen functional groups attached to an aromatic ring is 1. The number of rotatable bonds is 2. The van der Waals surface area contributed by atoms with E-state index in [2.05, 4.69) is 36.2 Å². The van der Waals surface area contributed by atoms with E-state index in [1.165, 1.54) is 4.68 Å². The van der Waals surface area contributed by atoms with Crippen LogP contribution in [0.1, 0.15) is 0 Å². The third kappa shape index (κ3) is 1.99. The number of aromatic nitrogens is 5. The van der Waals surface area contributed by atoms with Crippen molar-refractivity contribution in [3.05, 3.63) is 29.0 Å². The molecule has 0 saturated carbocycles. The number of halogens is 1. The molecule has 8 heteroatoms. The Morgan fingerprint density at radius 3 is 2.95 bits per heavy atom. The number of aryl methyl sites for hydroxylation is 1. The molecule has 3 aromatic heterocycles. The molecule has 0 fully saturated rings. The molecule has 0 aromatic carbocycles. The second kappa shape index (κ2) is 4.47. The van der Waals surface area contributed by atoms with Crippen LogP contribution in [-0.4, -0.2) is 24.9 Å². The zero-order valence-corrected chi connectivity index (χ0v) is 11.5. The van der Waals surface area contributed by atoms with E-state index in [0.29, 0.717) is 28.8 Å². The summed E-state index contributed by atoms with van der Waals surface area (Å²) < 4.78 is 7.53. The van der Waals surface area contributed by atoms with E-state index in [4.69, 9.17) is 10.3 Å². The van der Waals surface area contributed by atoms with Gasteiger partial charge in [-0.25, -0.2) is 0 Å².